The molecule has 1 heterocycles. The van der Waals surface area contributed by atoms with Gasteiger partial charge in [0.05, 0.1) is 13.2 Å². The summed E-state index contributed by atoms with van der Waals surface area (Å²) in [7, 11) is 1.38. The Bertz CT molecular complexity index is 821. The van der Waals surface area contributed by atoms with Crippen LogP contribution in [0.15, 0.2) is 12.3 Å². The highest BCUT2D eigenvalue weighted by atomic mass is 16.6. The van der Waals surface area contributed by atoms with Crippen molar-refractivity contribution < 1.29 is 33.3 Å². The van der Waals surface area contributed by atoms with Crippen LogP contribution in [0, 0.1) is 11.8 Å². The average Bonchev–Trinajstić information content (AvgIpc) is 3.27. The Kier molecular flexibility index (Phi) is 10.1. The zero-order chi connectivity index (χ0) is 24.5. The Balaban J connectivity index is 2.05. The number of methoxy groups -OCH3 is 1. The quantitative estimate of drug-likeness (QED) is 0.496. The van der Waals surface area contributed by atoms with Crippen molar-refractivity contribution in [1.29, 1.82) is 0 Å². The Morgan fingerprint density at radius 3 is 2.39 bits per heavy atom. The molecule has 9 nitrogen and oxygen atoms in total. The summed E-state index contributed by atoms with van der Waals surface area (Å²) < 4.78 is 22.1. The largest absolute Gasteiger partial charge is 0.493 e. The third kappa shape index (κ3) is 7.70. The maximum absolute atomic E-state index is 12.8. The Morgan fingerprint density at radius 2 is 1.82 bits per heavy atom. The minimum atomic E-state index is -0.951. The third-order valence-electron chi connectivity index (χ3n) is 5.50. The van der Waals surface area contributed by atoms with E-state index in [4.69, 9.17) is 18.9 Å². The Hall–Kier alpha value is -2.68. The lowest BCUT2D eigenvalue weighted by atomic mass is 9.96. The minimum absolute atomic E-state index is 0.109. The SMILES string of the molecule is COc1ccnc(C(=O)N[C@@H](C)C(=O)O[C@@H](C)[C@H](OCC(C)C)C2CCCC2)c1OC(C)=O. The maximum Gasteiger partial charge on any atom is 0.328 e. The van der Waals surface area contributed by atoms with E-state index in [1.807, 2.05) is 6.92 Å². The first kappa shape index (κ1) is 26.6. The predicted molar refractivity (Wildman–Crippen MR) is 121 cm³/mol. The summed E-state index contributed by atoms with van der Waals surface area (Å²) in [5, 5.41) is 2.56. The van der Waals surface area contributed by atoms with Gasteiger partial charge in [0.1, 0.15) is 12.1 Å². The van der Waals surface area contributed by atoms with Crippen LogP contribution in [-0.4, -0.2) is 54.8 Å². The average molecular weight is 465 g/mol. The van der Waals surface area contributed by atoms with E-state index >= 15 is 0 Å². The maximum atomic E-state index is 12.8. The van der Waals surface area contributed by atoms with E-state index < -0.39 is 30.0 Å². The smallest absolute Gasteiger partial charge is 0.328 e. The molecule has 1 aromatic rings. The molecule has 1 aliphatic rings. The first-order valence-corrected chi connectivity index (χ1v) is 11.5. The molecular weight excluding hydrogens is 428 g/mol. The summed E-state index contributed by atoms with van der Waals surface area (Å²) in [6.45, 7) is 9.32. The number of hydrogen-bond donors (Lipinski definition) is 1. The summed E-state index contributed by atoms with van der Waals surface area (Å²) in [5.74, 6) is -1.11. The van der Waals surface area contributed by atoms with Crippen molar-refractivity contribution in [2.45, 2.75) is 78.6 Å². The molecule has 0 aromatic carbocycles. The highest BCUT2D eigenvalue weighted by Crippen LogP contribution is 2.32. The molecule has 1 saturated carbocycles. The van der Waals surface area contributed by atoms with E-state index in [2.05, 4.69) is 24.1 Å². The molecule has 2 rings (SSSR count). The van der Waals surface area contributed by atoms with Crippen molar-refractivity contribution in [3.05, 3.63) is 18.0 Å². The van der Waals surface area contributed by atoms with Crippen LogP contribution in [0.25, 0.3) is 0 Å². The molecule has 1 aromatic heterocycles. The van der Waals surface area contributed by atoms with Crippen LogP contribution in [-0.2, 0) is 19.1 Å². The van der Waals surface area contributed by atoms with Gasteiger partial charge in [-0.05, 0) is 38.5 Å². The summed E-state index contributed by atoms with van der Waals surface area (Å²) in [6, 6.07) is 0.516. The zero-order valence-corrected chi connectivity index (χ0v) is 20.4. The van der Waals surface area contributed by atoms with Crippen molar-refractivity contribution in [3.63, 3.8) is 0 Å². The van der Waals surface area contributed by atoms with Crippen LogP contribution in [0.5, 0.6) is 11.5 Å². The van der Waals surface area contributed by atoms with E-state index in [-0.39, 0.29) is 23.3 Å². The fourth-order valence-corrected chi connectivity index (χ4v) is 3.92. The molecule has 0 bridgehead atoms. The molecule has 1 N–H and O–H groups in total. The second-order valence-corrected chi connectivity index (χ2v) is 8.86. The molecule has 184 valence electrons. The minimum Gasteiger partial charge on any atom is -0.493 e. The molecular formula is C24H36N2O7. The number of esters is 2. The summed E-state index contributed by atoms with van der Waals surface area (Å²) in [5.41, 5.74) is -0.165. The summed E-state index contributed by atoms with van der Waals surface area (Å²) in [4.78, 5) is 41.0. The lowest BCUT2D eigenvalue weighted by Crippen LogP contribution is -2.44. The topological polar surface area (TPSA) is 113 Å². The van der Waals surface area contributed by atoms with E-state index in [0.717, 1.165) is 25.7 Å². The molecule has 0 saturated heterocycles. The number of aromatic nitrogens is 1. The van der Waals surface area contributed by atoms with Gasteiger partial charge in [-0.1, -0.05) is 26.7 Å². The van der Waals surface area contributed by atoms with Crippen molar-refractivity contribution in [2.24, 2.45) is 11.8 Å². The molecule has 33 heavy (non-hydrogen) atoms. The van der Waals surface area contributed by atoms with E-state index in [0.29, 0.717) is 18.4 Å². The number of amides is 1. The Morgan fingerprint density at radius 1 is 1.15 bits per heavy atom. The van der Waals surface area contributed by atoms with Gasteiger partial charge in [0.2, 0.25) is 5.75 Å². The number of carbonyl (C=O) groups is 3. The monoisotopic (exact) mass is 464 g/mol. The highest BCUT2D eigenvalue weighted by Gasteiger charge is 2.34. The van der Waals surface area contributed by atoms with Gasteiger partial charge in [0, 0.05) is 25.8 Å². The molecule has 1 aliphatic carbocycles. The number of pyridine rings is 1. The van der Waals surface area contributed by atoms with Gasteiger partial charge in [0.15, 0.2) is 11.4 Å². The molecule has 0 radical (unpaired) electrons. The van der Waals surface area contributed by atoms with Gasteiger partial charge in [-0.15, -0.1) is 0 Å². The number of nitrogens with zero attached hydrogens (tertiary/aromatic N) is 1. The zero-order valence-electron chi connectivity index (χ0n) is 20.4. The van der Waals surface area contributed by atoms with Crippen LogP contribution in [0.2, 0.25) is 0 Å². The number of carbonyl (C=O) groups excluding carboxylic acids is 3. The van der Waals surface area contributed by atoms with Gasteiger partial charge >= 0.3 is 11.9 Å². The second kappa shape index (κ2) is 12.5. The molecule has 0 unspecified atom stereocenters. The number of ether oxygens (including phenoxy) is 4. The number of nitrogens with one attached hydrogen (secondary N) is 1. The highest BCUT2D eigenvalue weighted by molar-refractivity contribution is 5.98. The second-order valence-electron chi connectivity index (χ2n) is 8.86. The molecule has 9 heteroatoms. The summed E-state index contributed by atoms with van der Waals surface area (Å²) >= 11 is 0. The fraction of sp³-hybridized carbons (Fsp3) is 0.667. The van der Waals surface area contributed by atoms with Gasteiger partial charge in [-0.3, -0.25) is 9.59 Å². The standard InChI is InChI=1S/C24H36N2O7/c1-14(2)13-31-21(18-9-7-8-10-18)16(4)32-24(29)15(3)26-23(28)20-22(33-17(5)27)19(30-6)11-12-25-20/h11-12,14-16,18,21H,7-10,13H2,1-6H3,(H,26,28)/t15-,16-,21-/m0/s1. The van der Waals surface area contributed by atoms with Crippen molar-refractivity contribution in [3.8, 4) is 11.5 Å². The van der Waals surface area contributed by atoms with Gasteiger partial charge in [0.25, 0.3) is 5.91 Å². The van der Waals surface area contributed by atoms with Crippen LogP contribution in [0.4, 0.5) is 0 Å². The van der Waals surface area contributed by atoms with Crippen molar-refractivity contribution in [1.82, 2.24) is 10.3 Å². The normalized spacial score (nSPS) is 16.7. The molecule has 3 atom stereocenters. The van der Waals surface area contributed by atoms with E-state index in [1.165, 1.54) is 33.2 Å². The lowest BCUT2D eigenvalue weighted by molar-refractivity contribution is -0.161. The summed E-state index contributed by atoms with van der Waals surface area (Å²) in [6.07, 6.45) is 5.12. The predicted octanol–water partition coefficient (Wildman–Crippen LogP) is 3.30. The van der Waals surface area contributed by atoms with Crippen molar-refractivity contribution >= 4 is 17.8 Å². The number of rotatable bonds is 11. The molecule has 0 aliphatic heterocycles. The van der Waals surface area contributed by atoms with Gasteiger partial charge < -0.3 is 24.3 Å². The van der Waals surface area contributed by atoms with E-state index in [9.17, 15) is 14.4 Å². The van der Waals surface area contributed by atoms with Crippen LogP contribution in [0.3, 0.4) is 0 Å². The van der Waals surface area contributed by atoms with Gasteiger partial charge in [-0.25, -0.2) is 9.78 Å². The van der Waals surface area contributed by atoms with Crippen LogP contribution in [0.1, 0.15) is 70.8 Å². The van der Waals surface area contributed by atoms with E-state index in [1.54, 1.807) is 0 Å². The molecule has 1 fully saturated rings. The number of hydrogen-bond acceptors (Lipinski definition) is 8. The van der Waals surface area contributed by atoms with Gasteiger partial charge in [-0.2, -0.15) is 0 Å². The molecule has 0 spiro atoms. The van der Waals surface area contributed by atoms with Crippen LogP contribution >= 0.6 is 0 Å². The first-order valence-electron chi connectivity index (χ1n) is 11.5. The third-order valence-corrected chi connectivity index (χ3v) is 5.50. The lowest BCUT2D eigenvalue weighted by Gasteiger charge is -2.30. The fourth-order valence-electron chi connectivity index (χ4n) is 3.92. The van der Waals surface area contributed by atoms with Crippen molar-refractivity contribution in [2.75, 3.05) is 13.7 Å². The van der Waals surface area contributed by atoms with Crippen LogP contribution < -0.4 is 14.8 Å². The molecule has 1 amide bonds. The Labute approximate surface area is 195 Å². The first-order chi connectivity index (χ1) is 15.6.